The van der Waals surface area contributed by atoms with Crippen molar-refractivity contribution in [1.29, 1.82) is 0 Å². The van der Waals surface area contributed by atoms with E-state index in [9.17, 15) is 0 Å². The van der Waals surface area contributed by atoms with Gasteiger partial charge in [-0.15, -0.1) is 0 Å². The van der Waals surface area contributed by atoms with E-state index in [2.05, 4.69) is 47.6 Å². The van der Waals surface area contributed by atoms with Crippen LogP contribution < -0.4 is 15.5 Å². The number of hydrogen-bond donors (Lipinski definition) is 1. The van der Waals surface area contributed by atoms with E-state index < -0.39 is 0 Å². The first-order chi connectivity index (χ1) is 8.73. The predicted octanol–water partition coefficient (Wildman–Crippen LogP) is 1.66. The molecule has 0 aliphatic heterocycles. The highest BCUT2D eigenvalue weighted by molar-refractivity contribution is 5.50. The van der Waals surface area contributed by atoms with E-state index in [-0.39, 0.29) is 5.41 Å². The lowest BCUT2D eigenvalue weighted by atomic mass is 9.96. The third kappa shape index (κ3) is 5.03. The molecule has 19 heavy (non-hydrogen) atoms. The Morgan fingerprint density at radius 1 is 1.11 bits per heavy atom. The first-order valence-corrected chi connectivity index (χ1v) is 6.71. The third-order valence-corrected chi connectivity index (χ3v) is 2.77. The summed E-state index contributed by atoms with van der Waals surface area (Å²) in [6.07, 6.45) is 0. The summed E-state index contributed by atoms with van der Waals surface area (Å²) in [7, 11) is 4.07. The molecule has 0 amide bonds. The Morgan fingerprint density at radius 2 is 1.63 bits per heavy atom. The van der Waals surface area contributed by atoms with Crippen LogP contribution in [0.4, 0.5) is 11.6 Å². The Balaban J connectivity index is 2.96. The van der Waals surface area contributed by atoms with Crippen molar-refractivity contribution >= 4 is 11.6 Å². The van der Waals surface area contributed by atoms with Crippen LogP contribution in [0.5, 0.6) is 0 Å². The molecular formula is C14H27N5. The fraction of sp³-hybridized carbons (Fsp3) is 0.714. The molecule has 1 aromatic rings. The van der Waals surface area contributed by atoms with Crippen molar-refractivity contribution in [3.63, 3.8) is 0 Å². The average Bonchev–Trinajstić information content (AvgIpc) is 2.26. The molecule has 1 aromatic heterocycles. The van der Waals surface area contributed by atoms with Gasteiger partial charge < -0.3 is 15.5 Å². The van der Waals surface area contributed by atoms with Crippen molar-refractivity contribution in [1.82, 2.24) is 9.97 Å². The molecule has 0 aromatic carbocycles. The maximum absolute atomic E-state index is 5.59. The van der Waals surface area contributed by atoms with Crippen LogP contribution in [0, 0.1) is 12.3 Å². The fourth-order valence-corrected chi connectivity index (χ4v) is 2.03. The second kappa shape index (κ2) is 6.19. The standard InChI is InChI=1S/C14H27N5/c1-11-16-12(18(5)8-7-15)9-13(17-11)19(6)10-14(2,3)4/h9H,7-8,10,15H2,1-6H3. The number of rotatable bonds is 5. The number of nitrogens with zero attached hydrogens (tertiary/aromatic N) is 4. The highest BCUT2D eigenvalue weighted by Crippen LogP contribution is 2.21. The normalized spacial score (nSPS) is 11.5. The van der Waals surface area contributed by atoms with Gasteiger partial charge in [-0.05, 0) is 12.3 Å². The van der Waals surface area contributed by atoms with Crippen molar-refractivity contribution in [2.45, 2.75) is 27.7 Å². The van der Waals surface area contributed by atoms with Gasteiger partial charge in [0.15, 0.2) is 0 Å². The van der Waals surface area contributed by atoms with Crippen LogP contribution in [0.25, 0.3) is 0 Å². The Bertz CT molecular complexity index is 411. The van der Waals surface area contributed by atoms with Crippen LogP contribution >= 0.6 is 0 Å². The highest BCUT2D eigenvalue weighted by atomic mass is 15.2. The second-order valence-corrected chi connectivity index (χ2v) is 6.26. The van der Waals surface area contributed by atoms with Crippen LogP contribution in [0.2, 0.25) is 0 Å². The van der Waals surface area contributed by atoms with E-state index in [1.165, 1.54) is 0 Å². The molecule has 1 rings (SSSR count). The van der Waals surface area contributed by atoms with Crippen molar-refractivity contribution in [2.24, 2.45) is 11.1 Å². The molecule has 0 spiro atoms. The van der Waals surface area contributed by atoms with E-state index in [1.807, 2.05) is 20.0 Å². The molecule has 2 N–H and O–H groups in total. The van der Waals surface area contributed by atoms with E-state index in [4.69, 9.17) is 5.73 Å². The molecule has 0 unspecified atom stereocenters. The summed E-state index contributed by atoms with van der Waals surface area (Å²) in [6, 6.07) is 2.02. The van der Waals surface area contributed by atoms with Crippen LogP contribution in [-0.2, 0) is 0 Å². The lowest BCUT2D eigenvalue weighted by Gasteiger charge is -2.28. The zero-order chi connectivity index (χ0) is 14.6. The van der Waals surface area contributed by atoms with Crippen molar-refractivity contribution in [3.8, 4) is 0 Å². The molecule has 108 valence electrons. The molecule has 0 aliphatic rings. The second-order valence-electron chi connectivity index (χ2n) is 6.26. The summed E-state index contributed by atoms with van der Waals surface area (Å²) in [6.45, 7) is 10.9. The summed E-state index contributed by atoms with van der Waals surface area (Å²) < 4.78 is 0. The zero-order valence-electron chi connectivity index (χ0n) is 13.1. The SMILES string of the molecule is Cc1nc(N(C)CCN)cc(N(C)CC(C)(C)C)n1. The maximum atomic E-state index is 5.59. The number of aromatic nitrogens is 2. The minimum Gasteiger partial charge on any atom is -0.359 e. The van der Waals surface area contributed by atoms with E-state index in [0.717, 1.165) is 30.5 Å². The maximum Gasteiger partial charge on any atom is 0.134 e. The van der Waals surface area contributed by atoms with Gasteiger partial charge in [0.2, 0.25) is 0 Å². The molecule has 0 radical (unpaired) electrons. The summed E-state index contributed by atoms with van der Waals surface area (Å²) in [5.74, 6) is 2.67. The number of aryl methyl sites for hydroxylation is 1. The van der Waals surface area contributed by atoms with Crippen molar-refractivity contribution in [2.75, 3.05) is 43.5 Å². The van der Waals surface area contributed by atoms with E-state index >= 15 is 0 Å². The van der Waals surface area contributed by atoms with Crippen LogP contribution in [0.3, 0.4) is 0 Å². The van der Waals surface area contributed by atoms with Gasteiger partial charge in [0.1, 0.15) is 17.5 Å². The lowest BCUT2D eigenvalue weighted by molar-refractivity contribution is 0.417. The molecular weight excluding hydrogens is 238 g/mol. The van der Waals surface area contributed by atoms with Crippen molar-refractivity contribution < 1.29 is 0 Å². The topological polar surface area (TPSA) is 58.3 Å². The molecule has 0 atom stereocenters. The number of likely N-dealkylation sites (N-methyl/N-ethyl adjacent to an activating group) is 1. The average molecular weight is 265 g/mol. The number of hydrogen-bond acceptors (Lipinski definition) is 5. The summed E-state index contributed by atoms with van der Waals surface area (Å²) >= 11 is 0. The molecule has 5 nitrogen and oxygen atoms in total. The van der Waals surface area contributed by atoms with E-state index in [1.54, 1.807) is 0 Å². The molecule has 1 heterocycles. The fourth-order valence-electron chi connectivity index (χ4n) is 2.03. The summed E-state index contributed by atoms with van der Waals surface area (Å²) in [4.78, 5) is 13.2. The molecule has 0 fully saturated rings. The van der Waals surface area contributed by atoms with Crippen molar-refractivity contribution in [3.05, 3.63) is 11.9 Å². The van der Waals surface area contributed by atoms with Gasteiger partial charge >= 0.3 is 0 Å². The minimum atomic E-state index is 0.233. The summed E-state index contributed by atoms with van der Waals surface area (Å²) in [5, 5.41) is 0. The first-order valence-electron chi connectivity index (χ1n) is 6.71. The monoisotopic (exact) mass is 265 g/mol. The van der Waals surface area contributed by atoms with Gasteiger partial charge in [0.25, 0.3) is 0 Å². The Labute approximate surface area is 116 Å². The predicted molar refractivity (Wildman–Crippen MR) is 81.8 cm³/mol. The lowest BCUT2D eigenvalue weighted by Crippen LogP contribution is -2.31. The zero-order valence-corrected chi connectivity index (χ0v) is 13.1. The smallest absolute Gasteiger partial charge is 0.134 e. The molecule has 0 bridgehead atoms. The number of anilines is 2. The van der Waals surface area contributed by atoms with Crippen LogP contribution in [-0.4, -0.2) is 43.7 Å². The largest absolute Gasteiger partial charge is 0.359 e. The molecule has 0 saturated heterocycles. The Morgan fingerprint density at radius 3 is 2.11 bits per heavy atom. The molecule has 0 saturated carbocycles. The Kier molecular flexibility index (Phi) is 5.11. The van der Waals surface area contributed by atoms with Gasteiger partial charge in [0.05, 0.1) is 0 Å². The van der Waals surface area contributed by atoms with Crippen LogP contribution in [0.15, 0.2) is 6.07 Å². The minimum absolute atomic E-state index is 0.233. The van der Waals surface area contributed by atoms with Crippen LogP contribution in [0.1, 0.15) is 26.6 Å². The third-order valence-electron chi connectivity index (χ3n) is 2.77. The Hall–Kier alpha value is -1.36. The van der Waals surface area contributed by atoms with Gasteiger partial charge in [-0.3, -0.25) is 0 Å². The van der Waals surface area contributed by atoms with Gasteiger partial charge in [-0.1, -0.05) is 20.8 Å². The first kappa shape index (κ1) is 15.7. The van der Waals surface area contributed by atoms with E-state index in [0.29, 0.717) is 6.54 Å². The van der Waals surface area contributed by atoms with Gasteiger partial charge in [-0.25, -0.2) is 9.97 Å². The molecule has 5 heteroatoms. The number of nitrogens with two attached hydrogens (primary N) is 1. The van der Waals surface area contributed by atoms with Gasteiger partial charge in [0, 0.05) is 39.8 Å². The summed E-state index contributed by atoms with van der Waals surface area (Å²) in [5.41, 5.74) is 5.82. The highest BCUT2D eigenvalue weighted by Gasteiger charge is 2.16. The quantitative estimate of drug-likeness (QED) is 0.877. The van der Waals surface area contributed by atoms with Gasteiger partial charge in [-0.2, -0.15) is 0 Å². The molecule has 0 aliphatic carbocycles.